The molecular weight excluding hydrogens is 321 g/mol. The van der Waals surface area contributed by atoms with E-state index < -0.39 is 11.8 Å². The average molecular weight is 343 g/mol. The maximum atomic E-state index is 14.9. The van der Waals surface area contributed by atoms with Crippen LogP contribution in [-0.4, -0.2) is 25.5 Å². The Morgan fingerprint density at radius 3 is 2.68 bits per heavy atom. The van der Waals surface area contributed by atoms with Crippen molar-refractivity contribution in [1.29, 1.82) is 0 Å². The highest BCUT2D eigenvalue weighted by molar-refractivity contribution is 6.08. The normalized spacial score (nSPS) is 14.4. The fourth-order valence-corrected chi connectivity index (χ4v) is 2.51. The molecule has 0 radical (unpaired) electrons. The molecule has 25 heavy (non-hydrogen) atoms. The summed E-state index contributed by atoms with van der Waals surface area (Å²) in [7, 11) is 1.19. The van der Waals surface area contributed by atoms with Crippen LogP contribution in [0.15, 0.2) is 54.7 Å². The monoisotopic (exact) mass is 343 g/mol. The van der Waals surface area contributed by atoms with Crippen molar-refractivity contribution < 1.29 is 18.7 Å². The van der Waals surface area contributed by atoms with Crippen molar-refractivity contribution in [1.82, 2.24) is 0 Å². The second-order valence-electron chi connectivity index (χ2n) is 5.85. The van der Waals surface area contributed by atoms with Gasteiger partial charge in [0, 0.05) is 12.1 Å². The quantitative estimate of drug-likeness (QED) is 0.426. The number of carbonyl (C=O) groups is 2. The Morgan fingerprint density at radius 1 is 1.40 bits per heavy atom. The van der Waals surface area contributed by atoms with Crippen molar-refractivity contribution in [2.75, 3.05) is 18.6 Å². The lowest BCUT2D eigenvalue weighted by Gasteiger charge is -2.24. The van der Waals surface area contributed by atoms with Crippen molar-refractivity contribution in [3.63, 3.8) is 0 Å². The molecule has 2 rings (SSSR count). The molecule has 1 aromatic rings. The van der Waals surface area contributed by atoms with Gasteiger partial charge in [-0.25, -0.2) is 9.18 Å². The third-order valence-corrected chi connectivity index (χ3v) is 3.95. The number of methoxy groups -OCH3 is 1. The van der Waals surface area contributed by atoms with Gasteiger partial charge in [0.15, 0.2) is 5.82 Å². The molecule has 1 aliphatic carbocycles. The number of amides is 1. The van der Waals surface area contributed by atoms with Crippen LogP contribution in [0, 0.1) is 11.7 Å². The van der Waals surface area contributed by atoms with Crippen molar-refractivity contribution in [3.8, 4) is 0 Å². The number of benzene rings is 1. The molecular formula is C20H22FNO3. The lowest BCUT2D eigenvalue weighted by atomic mass is 10.1. The number of esters is 1. The first kappa shape index (κ1) is 18.6. The zero-order valence-corrected chi connectivity index (χ0v) is 14.5. The summed E-state index contributed by atoms with van der Waals surface area (Å²) in [5.41, 5.74) is 0.300. The van der Waals surface area contributed by atoms with E-state index in [-0.39, 0.29) is 17.2 Å². The van der Waals surface area contributed by atoms with E-state index in [2.05, 4.69) is 11.3 Å². The molecule has 5 heteroatoms. The molecule has 0 spiro atoms. The molecule has 1 aliphatic rings. The summed E-state index contributed by atoms with van der Waals surface area (Å²) < 4.78 is 19.5. The van der Waals surface area contributed by atoms with Crippen LogP contribution in [-0.2, 0) is 9.53 Å². The molecule has 0 aliphatic heterocycles. The van der Waals surface area contributed by atoms with E-state index in [9.17, 15) is 14.0 Å². The first-order chi connectivity index (χ1) is 12.0. The van der Waals surface area contributed by atoms with Crippen LogP contribution in [0.4, 0.5) is 10.1 Å². The summed E-state index contributed by atoms with van der Waals surface area (Å²) in [4.78, 5) is 26.1. The minimum absolute atomic E-state index is 0.0827. The second kappa shape index (κ2) is 8.42. The smallest absolute Gasteiger partial charge is 0.340 e. The number of carbonyl (C=O) groups excluding carboxylic acids is 2. The fourth-order valence-electron chi connectivity index (χ4n) is 2.51. The number of allylic oxidation sites excluding steroid dienone is 3. The van der Waals surface area contributed by atoms with Crippen LogP contribution in [0.3, 0.4) is 0 Å². The number of ether oxygens (including phenoxy) is 1. The number of nitrogens with zero attached hydrogens (tertiary/aromatic N) is 1. The minimum Gasteiger partial charge on any atom is -0.465 e. The molecule has 1 saturated carbocycles. The molecule has 0 aromatic heterocycles. The van der Waals surface area contributed by atoms with Crippen LogP contribution in [0.1, 0.15) is 30.1 Å². The fraction of sp³-hybridized carbons (Fsp3) is 0.300. The summed E-state index contributed by atoms with van der Waals surface area (Å²) in [5.74, 6) is -1.50. The Kier molecular flexibility index (Phi) is 6.28. The number of rotatable bonds is 7. The molecule has 1 aromatic carbocycles. The molecule has 0 N–H and O–H groups in total. The van der Waals surface area contributed by atoms with Gasteiger partial charge in [-0.1, -0.05) is 36.9 Å². The minimum atomic E-state index is -0.770. The first-order valence-corrected chi connectivity index (χ1v) is 8.17. The van der Waals surface area contributed by atoms with Crippen molar-refractivity contribution in [2.24, 2.45) is 5.92 Å². The third kappa shape index (κ3) is 4.44. The SMILES string of the molecule is C=C/C=C(\C=C/C)C(=O)N(CC1CC1)c1cccc(C(=O)OC)c1F. The largest absolute Gasteiger partial charge is 0.465 e. The highest BCUT2D eigenvalue weighted by Gasteiger charge is 2.31. The first-order valence-electron chi connectivity index (χ1n) is 8.17. The van der Waals surface area contributed by atoms with Crippen LogP contribution in [0.2, 0.25) is 0 Å². The van der Waals surface area contributed by atoms with E-state index in [0.29, 0.717) is 18.0 Å². The standard InChI is InChI=1S/C20H22FNO3/c1-4-7-15(8-5-2)19(23)22(13-14-11-12-14)17-10-6-9-16(18(17)21)20(24)25-3/h4-10,14H,1,11-13H2,2-3H3/b8-5-,15-7+. The number of anilines is 1. The Bertz CT molecular complexity index is 732. The van der Waals surface area contributed by atoms with E-state index in [0.717, 1.165) is 12.8 Å². The summed E-state index contributed by atoms with van der Waals surface area (Å²) in [6, 6.07) is 4.39. The molecule has 0 saturated heterocycles. The summed E-state index contributed by atoms with van der Waals surface area (Å²) in [5, 5.41) is 0. The van der Waals surface area contributed by atoms with Crippen molar-refractivity contribution in [3.05, 3.63) is 66.0 Å². The van der Waals surface area contributed by atoms with E-state index in [4.69, 9.17) is 0 Å². The van der Waals surface area contributed by atoms with Crippen LogP contribution < -0.4 is 4.90 Å². The Balaban J connectivity index is 2.47. The lowest BCUT2D eigenvalue weighted by Crippen LogP contribution is -2.34. The zero-order chi connectivity index (χ0) is 18.4. The molecule has 132 valence electrons. The molecule has 0 bridgehead atoms. The molecule has 1 amide bonds. The van der Waals surface area contributed by atoms with E-state index in [1.807, 2.05) is 0 Å². The van der Waals surface area contributed by atoms with Gasteiger partial charge in [-0.15, -0.1) is 0 Å². The predicted molar refractivity (Wildman–Crippen MR) is 95.9 cm³/mol. The second-order valence-corrected chi connectivity index (χ2v) is 5.85. The summed E-state index contributed by atoms with van der Waals surface area (Å²) in [6.07, 6.45) is 8.52. The molecule has 0 heterocycles. The van der Waals surface area contributed by atoms with Gasteiger partial charge in [0.1, 0.15) is 0 Å². The summed E-state index contributed by atoms with van der Waals surface area (Å²) >= 11 is 0. The van der Waals surface area contributed by atoms with Crippen LogP contribution in [0.5, 0.6) is 0 Å². The van der Waals surface area contributed by atoms with Crippen molar-refractivity contribution in [2.45, 2.75) is 19.8 Å². The highest BCUT2D eigenvalue weighted by atomic mass is 19.1. The van der Waals surface area contributed by atoms with Gasteiger partial charge in [-0.05, 0) is 37.8 Å². The molecule has 1 fully saturated rings. The molecule has 0 atom stereocenters. The maximum absolute atomic E-state index is 14.9. The van der Waals surface area contributed by atoms with Gasteiger partial charge >= 0.3 is 5.97 Å². The molecule has 0 unspecified atom stereocenters. The highest BCUT2D eigenvalue weighted by Crippen LogP contribution is 2.33. The lowest BCUT2D eigenvalue weighted by molar-refractivity contribution is -0.114. The third-order valence-electron chi connectivity index (χ3n) is 3.95. The predicted octanol–water partition coefficient (Wildman–Crippen LogP) is 4.04. The van der Waals surface area contributed by atoms with Gasteiger partial charge in [-0.2, -0.15) is 0 Å². The summed E-state index contributed by atoms with van der Waals surface area (Å²) in [6.45, 7) is 5.83. The maximum Gasteiger partial charge on any atom is 0.340 e. The topological polar surface area (TPSA) is 46.6 Å². The van der Waals surface area contributed by atoms with Crippen LogP contribution >= 0.6 is 0 Å². The Hall–Kier alpha value is -2.69. The number of halogens is 1. The van der Waals surface area contributed by atoms with Gasteiger partial charge in [0.05, 0.1) is 18.4 Å². The van der Waals surface area contributed by atoms with Gasteiger partial charge in [0.2, 0.25) is 0 Å². The van der Waals surface area contributed by atoms with Gasteiger partial charge in [0.25, 0.3) is 5.91 Å². The van der Waals surface area contributed by atoms with E-state index >= 15 is 0 Å². The number of hydrogen-bond acceptors (Lipinski definition) is 3. The average Bonchev–Trinajstić information content (AvgIpc) is 3.43. The Labute approximate surface area is 147 Å². The van der Waals surface area contributed by atoms with Crippen LogP contribution in [0.25, 0.3) is 0 Å². The van der Waals surface area contributed by atoms with Gasteiger partial charge in [-0.3, -0.25) is 4.79 Å². The van der Waals surface area contributed by atoms with E-state index in [1.165, 1.54) is 30.2 Å². The number of hydrogen-bond donors (Lipinski definition) is 0. The van der Waals surface area contributed by atoms with Gasteiger partial charge < -0.3 is 9.64 Å². The zero-order valence-electron chi connectivity index (χ0n) is 14.5. The molecule has 4 nitrogen and oxygen atoms in total. The van der Waals surface area contributed by atoms with Crippen molar-refractivity contribution >= 4 is 17.6 Å². The Morgan fingerprint density at radius 2 is 2.12 bits per heavy atom. The van der Waals surface area contributed by atoms with E-state index in [1.54, 1.807) is 31.2 Å².